The summed E-state index contributed by atoms with van der Waals surface area (Å²) in [6, 6.07) is 6.22. The quantitative estimate of drug-likeness (QED) is 0.379. The van der Waals surface area contributed by atoms with Crippen LogP contribution in [0.15, 0.2) is 0 Å². The van der Waals surface area contributed by atoms with Gasteiger partial charge in [0.05, 0.1) is 0 Å². The zero-order valence-corrected chi connectivity index (χ0v) is 17.4. The molecule has 0 atom stereocenters. The predicted octanol–water partition coefficient (Wildman–Crippen LogP) is 5.48. The largest absolute Gasteiger partial charge is 0.370 e. The van der Waals surface area contributed by atoms with Crippen LogP contribution in [0.25, 0.3) is 0 Å². The fourth-order valence-corrected chi connectivity index (χ4v) is 8.64. The van der Waals surface area contributed by atoms with Crippen LogP contribution in [-0.4, -0.2) is 27.7 Å². The van der Waals surface area contributed by atoms with Gasteiger partial charge in [-0.25, -0.2) is 0 Å². The van der Waals surface area contributed by atoms with E-state index in [0.717, 1.165) is 42.7 Å². The van der Waals surface area contributed by atoms with Crippen LogP contribution < -0.4 is 0 Å². The lowest BCUT2D eigenvalue weighted by Gasteiger charge is -2.43. The summed E-state index contributed by atoms with van der Waals surface area (Å²) >= 11 is 0. The second-order valence-electron chi connectivity index (χ2n) is 6.15. The Hall–Kier alpha value is 0.314. The Bertz CT molecular complexity index is 238. The minimum absolute atomic E-state index is 0.580. The molecule has 0 aromatic rings. The Labute approximate surface area is 134 Å². The van der Waals surface area contributed by atoms with Crippen molar-refractivity contribution < 1.29 is 14.0 Å². The fraction of sp³-hybridized carbons (Fsp3) is 1.00. The third-order valence-corrected chi connectivity index (χ3v) is 14.4. The number of hydrogen-bond acceptors (Lipinski definition) is 3. The first-order chi connectivity index (χ1) is 9.84. The SMILES string of the molecule is CCCC(O)(O[Si](CC)(CC)CC)O[Si](CC)(CC)CC. The van der Waals surface area contributed by atoms with Crippen LogP contribution in [0.1, 0.15) is 61.3 Å². The van der Waals surface area contributed by atoms with Gasteiger partial charge in [-0.05, 0) is 42.7 Å². The Kier molecular flexibility index (Phi) is 9.59. The summed E-state index contributed by atoms with van der Waals surface area (Å²) in [6.07, 6.45) is 1.45. The van der Waals surface area contributed by atoms with E-state index in [4.69, 9.17) is 8.85 Å². The Morgan fingerprint density at radius 1 is 0.667 bits per heavy atom. The maximum atomic E-state index is 11.1. The van der Waals surface area contributed by atoms with Gasteiger partial charge in [0.1, 0.15) is 0 Å². The van der Waals surface area contributed by atoms with E-state index in [1.807, 2.05) is 0 Å². The molecule has 21 heavy (non-hydrogen) atoms. The molecule has 0 saturated heterocycles. The lowest BCUT2D eigenvalue weighted by molar-refractivity contribution is -0.289. The van der Waals surface area contributed by atoms with Crippen molar-refractivity contribution >= 4 is 16.6 Å². The summed E-state index contributed by atoms with van der Waals surface area (Å²) in [5, 5.41) is 11.1. The first-order valence-corrected chi connectivity index (χ1v) is 14.0. The van der Waals surface area contributed by atoms with Gasteiger partial charge in [-0.3, -0.25) is 0 Å². The minimum Gasteiger partial charge on any atom is -0.370 e. The first kappa shape index (κ1) is 21.3. The van der Waals surface area contributed by atoms with Gasteiger partial charge < -0.3 is 14.0 Å². The average Bonchev–Trinajstić information content (AvgIpc) is 2.51. The van der Waals surface area contributed by atoms with Gasteiger partial charge in [-0.1, -0.05) is 48.5 Å². The van der Waals surface area contributed by atoms with E-state index < -0.39 is 22.6 Å². The van der Waals surface area contributed by atoms with Gasteiger partial charge in [0.15, 0.2) is 16.6 Å². The summed E-state index contributed by atoms with van der Waals surface area (Å²) in [4.78, 5) is 0. The van der Waals surface area contributed by atoms with Gasteiger partial charge in [0.25, 0.3) is 5.97 Å². The van der Waals surface area contributed by atoms with Crippen LogP contribution in [-0.2, 0) is 8.85 Å². The van der Waals surface area contributed by atoms with E-state index in [1.165, 1.54) is 0 Å². The first-order valence-electron chi connectivity index (χ1n) is 8.96. The molecule has 0 amide bonds. The molecular weight excluding hydrogens is 296 g/mol. The highest BCUT2D eigenvalue weighted by atomic mass is 28.4. The molecule has 3 nitrogen and oxygen atoms in total. The van der Waals surface area contributed by atoms with E-state index in [0.29, 0.717) is 6.42 Å². The molecule has 0 heterocycles. The van der Waals surface area contributed by atoms with Crippen LogP contribution in [0.4, 0.5) is 0 Å². The summed E-state index contributed by atoms with van der Waals surface area (Å²) < 4.78 is 12.8. The van der Waals surface area contributed by atoms with E-state index >= 15 is 0 Å². The normalized spacial score (nSPS) is 13.7. The molecule has 128 valence electrons. The topological polar surface area (TPSA) is 38.7 Å². The molecule has 0 bridgehead atoms. The van der Waals surface area contributed by atoms with Gasteiger partial charge >= 0.3 is 0 Å². The molecule has 0 aliphatic carbocycles. The Morgan fingerprint density at radius 2 is 0.952 bits per heavy atom. The second-order valence-corrected chi connectivity index (χ2v) is 15.5. The zero-order chi connectivity index (χ0) is 16.6. The van der Waals surface area contributed by atoms with E-state index in [2.05, 4.69) is 48.5 Å². The lowest BCUT2D eigenvalue weighted by Crippen LogP contribution is -2.54. The van der Waals surface area contributed by atoms with Crippen LogP contribution in [0.5, 0.6) is 0 Å². The molecule has 0 fully saturated rings. The third-order valence-electron chi connectivity index (χ3n) is 5.18. The van der Waals surface area contributed by atoms with E-state index in [-0.39, 0.29) is 0 Å². The van der Waals surface area contributed by atoms with Gasteiger partial charge in [-0.2, -0.15) is 0 Å². The maximum absolute atomic E-state index is 11.1. The highest BCUT2D eigenvalue weighted by Gasteiger charge is 2.45. The number of rotatable bonds is 12. The monoisotopic (exact) mass is 334 g/mol. The molecule has 0 aliphatic heterocycles. The van der Waals surface area contributed by atoms with Crippen molar-refractivity contribution in [1.82, 2.24) is 0 Å². The molecule has 0 saturated carbocycles. The van der Waals surface area contributed by atoms with Crippen molar-refractivity contribution in [1.29, 1.82) is 0 Å². The highest BCUT2D eigenvalue weighted by Crippen LogP contribution is 2.35. The molecule has 0 rings (SSSR count). The van der Waals surface area contributed by atoms with Gasteiger partial charge in [-0.15, -0.1) is 0 Å². The molecule has 0 radical (unpaired) electrons. The van der Waals surface area contributed by atoms with Crippen molar-refractivity contribution in [2.24, 2.45) is 0 Å². The molecule has 0 unspecified atom stereocenters. The second kappa shape index (κ2) is 9.45. The van der Waals surface area contributed by atoms with Crippen molar-refractivity contribution in [3.63, 3.8) is 0 Å². The molecule has 0 aromatic heterocycles. The highest BCUT2D eigenvalue weighted by molar-refractivity contribution is 6.74. The number of aliphatic hydroxyl groups is 1. The van der Waals surface area contributed by atoms with Crippen molar-refractivity contribution in [3.05, 3.63) is 0 Å². The standard InChI is InChI=1S/C16H38O3Si2/c1-8-15-16(17,18-20(9-2,10-3)11-4)19-21(12-5,13-6)14-7/h17H,8-15H2,1-7H3. The van der Waals surface area contributed by atoms with Crippen molar-refractivity contribution in [2.45, 2.75) is 104 Å². The summed E-state index contributed by atoms with van der Waals surface area (Å²) in [7, 11) is -3.76. The predicted molar refractivity (Wildman–Crippen MR) is 96.4 cm³/mol. The fourth-order valence-electron chi connectivity index (χ4n) is 3.05. The van der Waals surface area contributed by atoms with Gasteiger partial charge in [0.2, 0.25) is 0 Å². The molecule has 0 aliphatic rings. The summed E-state index contributed by atoms with van der Waals surface area (Å²) in [6.45, 7) is 15.2. The Morgan fingerprint density at radius 3 is 1.14 bits per heavy atom. The van der Waals surface area contributed by atoms with Crippen LogP contribution in [0, 0.1) is 0 Å². The minimum atomic E-state index is -1.88. The zero-order valence-electron chi connectivity index (χ0n) is 15.4. The summed E-state index contributed by atoms with van der Waals surface area (Å²) in [5.74, 6) is -1.35. The van der Waals surface area contributed by atoms with E-state index in [9.17, 15) is 5.11 Å². The van der Waals surface area contributed by atoms with Crippen LogP contribution in [0.3, 0.4) is 0 Å². The van der Waals surface area contributed by atoms with E-state index in [1.54, 1.807) is 0 Å². The molecular formula is C16H38O3Si2. The van der Waals surface area contributed by atoms with Crippen molar-refractivity contribution in [2.75, 3.05) is 0 Å². The molecule has 5 heteroatoms. The maximum Gasteiger partial charge on any atom is 0.261 e. The third kappa shape index (κ3) is 5.79. The van der Waals surface area contributed by atoms with Crippen LogP contribution in [0.2, 0.25) is 36.3 Å². The average molecular weight is 335 g/mol. The molecule has 0 spiro atoms. The lowest BCUT2D eigenvalue weighted by atomic mass is 10.3. The van der Waals surface area contributed by atoms with Crippen molar-refractivity contribution in [3.8, 4) is 0 Å². The Balaban J connectivity index is 5.32. The van der Waals surface area contributed by atoms with Crippen LogP contribution >= 0.6 is 0 Å². The smallest absolute Gasteiger partial charge is 0.261 e. The molecule has 0 aromatic carbocycles. The summed E-state index contributed by atoms with van der Waals surface area (Å²) in [5.41, 5.74) is 0. The van der Waals surface area contributed by atoms with Gasteiger partial charge in [0, 0.05) is 6.42 Å². The number of hydrogen-bond donors (Lipinski definition) is 1. The molecule has 1 N–H and O–H groups in total.